The third-order valence-corrected chi connectivity index (χ3v) is 3.70. The molecule has 1 aromatic heterocycles. The van der Waals surface area contributed by atoms with Crippen LogP contribution in [0.2, 0.25) is 0 Å². The zero-order valence-corrected chi connectivity index (χ0v) is 13.3. The van der Waals surface area contributed by atoms with Crippen molar-refractivity contribution >= 4 is 16.8 Å². The minimum absolute atomic E-state index is 0.408. The molecule has 0 aliphatic rings. The van der Waals surface area contributed by atoms with Crippen LogP contribution in [0.15, 0.2) is 30.5 Å². The van der Waals surface area contributed by atoms with Crippen molar-refractivity contribution in [3.05, 3.63) is 36.0 Å². The molecule has 1 heterocycles. The van der Waals surface area contributed by atoms with Gasteiger partial charge < -0.3 is 15.6 Å². The van der Waals surface area contributed by atoms with Crippen LogP contribution in [-0.4, -0.2) is 23.5 Å². The van der Waals surface area contributed by atoms with E-state index in [1.54, 1.807) is 0 Å². The Morgan fingerprint density at radius 3 is 2.86 bits per heavy atom. The number of primary amides is 1. The Kier molecular flexibility index (Phi) is 5.98. The summed E-state index contributed by atoms with van der Waals surface area (Å²) < 4.78 is 0. The lowest BCUT2D eigenvalue weighted by atomic mass is 10.1. The molecule has 0 spiro atoms. The fraction of sp³-hybridized carbons (Fsp3) is 0.471. The monoisotopic (exact) mass is 303 g/mol. The predicted octanol–water partition coefficient (Wildman–Crippen LogP) is 2.52. The van der Waals surface area contributed by atoms with Gasteiger partial charge in [0.15, 0.2) is 0 Å². The maximum Gasteiger partial charge on any atom is 0.237 e. The highest BCUT2D eigenvalue weighted by molar-refractivity contribution is 5.85. The van der Waals surface area contributed by atoms with Gasteiger partial charge in [-0.05, 0) is 30.4 Å². The fourth-order valence-electron chi connectivity index (χ4n) is 2.44. The lowest BCUT2D eigenvalue weighted by Crippen LogP contribution is -2.43. The Morgan fingerprint density at radius 1 is 1.36 bits per heavy atom. The second-order valence-electron chi connectivity index (χ2n) is 6.02. The summed E-state index contributed by atoms with van der Waals surface area (Å²) in [6, 6.07) is 7.47. The molecule has 1 atom stereocenters. The first-order chi connectivity index (χ1) is 10.6. The molecule has 0 aliphatic heterocycles. The van der Waals surface area contributed by atoms with Crippen molar-refractivity contribution in [2.75, 3.05) is 6.61 Å². The van der Waals surface area contributed by atoms with Crippen LogP contribution < -0.4 is 11.2 Å². The smallest absolute Gasteiger partial charge is 0.237 e. The molecule has 0 radical (unpaired) electrons. The largest absolute Gasteiger partial charge is 0.368 e. The summed E-state index contributed by atoms with van der Waals surface area (Å²) in [6.07, 6.45) is 4.49. The molecular weight excluding hydrogens is 278 g/mol. The van der Waals surface area contributed by atoms with Crippen molar-refractivity contribution in [3.63, 3.8) is 0 Å². The van der Waals surface area contributed by atoms with Gasteiger partial charge in [-0.1, -0.05) is 32.0 Å². The van der Waals surface area contributed by atoms with Crippen LogP contribution >= 0.6 is 0 Å². The summed E-state index contributed by atoms with van der Waals surface area (Å²) >= 11 is 0. The molecule has 0 unspecified atom stereocenters. The van der Waals surface area contributed by atoms with E-state index < -0.39 is 11.9 Å². The first-order valence-electron chi connectivity index (χ1n) is 7.79. The maximum absolute atomic E-state index is 11.6. The molecule has 0 saturated heterocycles. The third kappa shape index (κ3) is 4.58. The summed E-state index contributed by atoms with van der Waals surface area (Å²) in [5, 5.41) is 1.11. The molecule has 2 rings (SSSR count). The number of carbonyl (C=O) groups excluding carboxylic acids is 1. The molecule has 5 heteroatoms. The van der Waals surface area contributed by atoms with E-state index in [1.807, 2.05) is 30.5 Å². The third-order valence-electron chi connectivity index (χ3n) is 3.70. The number of para-hydroxylation sites is 1. The molecule has 22 heavy (non-hydrogen) atoms. The number of fused-ring (bicyclic) bond motifs is 1. The number of aromatic nitrogens is 1. The Morgan fingerprint density at radius 2 is 2.14 bits per heavy atom. The number of hydrogen-bond donors (Lipinski definition) is 3. The van der Waals surface area contributed by atoms with Gasteiger partial charge in [0.2, 0.25) is 5.91 Å². The van der Waals surface area contributed by atoms with E-state index in [-0.39, 0.29) is 0 Å². The first kappa shape index (κ1) is 16.5. The molecular formula is C17H25N3O2. The number of nitrogens with two attached hydrogens (primary N) is 1. The lowest BCUT2D eigenvalue weighted by molar-refractivity contribution is -0.124. The first-order valence-corrected chi connectivity index (χ1v) is 7.79. The van der Waals surface area contributed by atoms with Crippen molar-refractivity contribution in [2.45, 2.75) is 39.2 Å². The van der Waals surface area contributed by atoms with Crippen LogP contribution in [0.5, 0.6) is 0 Å². The molecule has 0 fully saturated rings. The SMILES string of the molecule is CC(C)CCCON[C@@H](Cc1c[nH]c2ccccc12)C(N)=O. The number of H-pyrrole nitrogens is 1. The molecule has 0 bridgehead atoms. The predicted molar refractivity (Wildman–Crippen MR) is 88.1 cm³/mol. The van der Waals surface area contributed by atoms with E-state index in [2.05, 4.69) is 24.3 Å². The maximum atomic E-state index is 11.6. The number of hydrogen-bond acceptors (Lipinski definition) is 3. The summed E-state index contributed by atoms with van der Waals surface area (Å²) in [5.41, 5.74) is 10.4. The van der Waals surface area contributed by atoms with E-state index in [1.165, 1.54) is 0 Å². The number of carbonyl (C=O) groups is 1. The summed E-state index contributed by atoms with van der Waals surface area (Å²) in [7, 11) is 0. The van der Waals surface area contributed by atoms with Gasteiger partial charge in [-0.3, -0.25) is 4.79 Å². The molecule has 120 valence electrons. The van der Waals surface area contributed by atoms with Crippen LogP contribution in [0.25, 0.3) is 10.9 Å². The average molecular weight is 303 g/mol. The normalized spacial score (nSPS) is 12.9. The highest BCUT2D eigenvalue weighted by Gasteiger charge is 2.17. The molecule has 0 saturated carbocycles. The topological polar surface area (TPSA) is 80.1 Å². The zero-order valence-electron chi connectivity index (χ0n) is 13.3. The Balaban J connectivity index is 1.90. The highest BCUT2D eigenvalue weighted by Crippen LogP contribution is 2.19. The van der Waals surface area contributed by atoms with Gasteiger partial charge in [0.1, 0.15) is 6.04 Å². The van der Waals surface area contributed by atoms with Crippen LogP contribution in [0.3, 0.4) is 0 Å². The number of nitrogens with one attached hydrogen (secondary N) is 2. The van der Waals surface area contributed by atoms with E-state index in [9.17, 15) is 4.79 Å². The molecule has 1 aromatic carbocycles. The van der Waals surface area contributed by atoms with Gasteiger partial charge in [-0.2, -0.15) is 5.48 Å². The molecule has 5 nitrogen and oxygen atoms in total. The zero-order chi connectivity index (χ0) is 15.9. The quantitative estimate of drug-likeness (QED) is 0.492. The van der Waals surface area contributed by atoms with Gasteiger partial charge in [0.05, 0.1) is 6.61 Å². The molecule has 0 aliphatic carbocycles. The molecule has 2 aromatic rings. The summed E-state index contributed by atoms with van der Waals surface area (Å²) in [6.45, 7) is 4.93. The van der Waals surface area contributed by atoms with Crippen LogP contribution in [0, 0.1) is 5.92 Å². The summed E-state index contributed by atoms with van der Waals surface area (Å²) in [5.74, 6) is 0.246. The van der Waals surface area contributed by atoms with E-state index >= 15 is 0 Å². The molecule has 4 N–H and O–H groups in total. The highest BCUT2D eigenvalue weighted by atomic mass is 16.6. The van der Waals surface area contributed by atoms with E-state index in [0.717, 1.165) is 29.3 Å². The van der Waals surface area contributed by atoms with E-state index in [4.69, 9.17) is 10.6 Å². The van der Waals surface area contributed by atoms with Gasteiger partial charge in [0, 0.05) is 23.5 Å². The second-order valence-corrected chi connectivity index (χ2v) is 6.02. The standard InChI is InChI=1S/C17H25N3O2/c1-12(2)6-5-9-22-20-16(17(18)21)10-13-11-19-15-8-4-3-7-14(13)15/h3-4,7-8,11-12,16,19-20H,5-6,9-10H2,1-2H3,(H2,18,21)/t16-/m0/s1. The number of benzene rings is 1. The van der Waals surface area contributed by atoms with Crippen LogP contribution in [0.1, 0.15) is 32.3 Å². The number of hydroxylamine groups is 1. The van der Waals surface area contributed by atoms with Crippen molar-refractivity contribution in [1.29, 1.82) is 0 Å². The Labute approximate surface area is 131 Å². The van der Waals surface area contributed by atoms with Gasteiger partial charge in [-0.25, -0.2) is 0 Å². The van der Waals surface area contributed by atoms with Crippen molar-refractivity contribution in [2.24, 2.45) is 11.7 Å². The minimum Gasteiger partial charge on any atom is -0.368 e. The number of amides is 1. The van der Waals surface area contributed by atoms with Crippen molar-refractivity contribution in [3.8, 4) is 0 Å². The number of aromatic amines is 1. The lowest BCUT2D eigenvalue weighted by Gasteiger charge is -2.15. The number of rotatable bonds is 9. The Bertz CT molecular complexity index is 607. The van der Waals surface area contributed by atoms with Gasteiger partial charge >= 0.3 is 0 Å². The van der Waals surface area contributed by atoms with Crippen molar-refractivity contribution in [1.82, 2.24) is 10.5 Å². The van der Waals surface area contributed by atoms with Gasteiger partial charge in [0.25, 0.3) is 0 Å². The van der Waals surface area contributed by atoms with Crippen molar-refractivity contribution < 1.29 is 9.63 Å². The van der Waals surface area contributed by atoms with Crippen LogP contribution in [0.4, 0.5) is 0 Å². The minimum atomic E-state index is -0.529. The second kappa shape index (κ2) is 7.96. The fourth-order valence-corrected chi connectivity index (χ4v) is 2.44. The Hall–Kier alpha value is -1.85. The molecule has 1 amide bonds. The average Bonchev–Trinajstić information content (AvgIpc) is 2.88. The van der Waals surface area contributed by atoms with E-state index in [0.29, 0.717) is 18.9 Å². The summed E-state index contributed by atoms with van der Waals surface area (Å²) in [4.78, 5) is 20.2. The van der Waals surface area contributed by atoms with Crippen LogP contribution in [-0.2, 0) is 16.1 Å². The van der Waals surface area contributed by atoms with Gasteiger partial charge in [-0.15, -0.1) is 0 Å².